The van der Waals surface area contributed by atoms with Gasteiger partial charge in [0.1, 0.15) is 18.5 Å². The molecule has 8 nitrogen and oxygen atoms in total. The molecule has 3 rings (SSSR count). The Labute approximate surface area is 165 Å². The average molecular weight is 402 g/mol. The Hall–Kier alpha value is -3.19. The van der Waals surface area contributed by atoms with Crippen LogP contribution in [-0.2, 0) is 0 Å². The molecule has 146 valence electrons. The molecule has 2 atom stereocenters. The van der Waals surface area contributed by atoms with Crippen LogP contribution in [0.5, 0.6) is 5.75 Å². The number of alkyl halides is 1. The number of amidine groups is 1. The molecule has 10 heteroatoms. The van der Waals surface area contributed by atoms with Crippen molar-refractivity contribution in [3.63, 3.8) is 0 Å². The number of hydrogen-bond donors (Lipinski definition) is 3. The zero-order valence-electron chi connectivity index (χ0n) is 15.0. The number of hydrogen-bond acceptors (Lipinski definition) is 8. The fraction of sp³-hybridized carbons (Fsp3) is 0.278. The summed E-state index contributed by atoms with van der Waals surface area (Å²) in [5.74, 6) is -0.885. The topological polar surface area (TPSA) is 137 Å². The second kappa shape index (κ2) is 10.2. The number of anilines is 1. The summed E-state index contributed by atoms with van der Waals surface area (Å²) < 4.78 is 12.1. The van der Waals surface area contributed by atoms with Crippen LogP contribution in [0.2, 0.25) is 0 Å². The van der Waals surface area contributed by atoms with E-state index in [2.05, 4.69) is 20.3 Å². The molecular formula is C18H19FN6O2S. The highest BCUT2D eigenvalue weighted by molar-refractivity contribution is 8.14. The van der Waals surface area contributed by atoms with Crippen LogP contribution in [0.1, 0.15) is 29.4 Å². The third-order valence-electron chi connectivity index (χ3n) is 3.56. The summed E-state index contributed by atoms with van der Waals surface area (Å²) in [7, 11) is 0. The zero-order chi connectivity index (χ0) is 20.5. The number of amides is 1. The highest BCUT2D eigenvalue weighted by atomic mass is 32.2. The minimum Gasteiger partial charge on any atom is -0.505 e. The first kappa shape index (κ1) is 21.1. The van der Waals surface area contributed by atoms with Gasteiger partial charge in [0.15, 0.2) is 10.9 Å². The summed E-state index contributed by atoms with van der Waals surface area (Å²) in [6.07, 6.45) is 5.09. The standard InChI is InChI=1S/C12H8N4O2.C6H11FN2S/c13-6-8-5-10(17)11(15-7-8)12(18)16-9-1-3-14-4-2-9;1-4-2-5(3-7)10-6(8)9-4/h1-5,7,17H,(H,14,16,18);4-5H,2-3H2,1H3,(H2,8,9)/t;4-,5?/m.0/s1. The summed E-state index contributed by atoms with van der Waals surface area (Å²) in [5, 5.41) is 21.3. The number of aromatic nitrogens is 2. The predicted molar refractivity (Wildman–Crippen MR) is 106 cm³/mol. The molecule has 2 aromatic heterocycles. The summed E-state index contributed by atoms with van der Waals surface area (Å²) in [6, 6.07) is 6.43. The van der Waals surface area contributed by atoms with E-state index in [0.717, 1.165) is 6.42 Å². The molecule has 1 amide bonds. The molecule has 1 aliphatic rings. The van der Waals surface area contributed by atoms with E-state index in [4.69, 9.17) is 11.0 Å². The lowest BCUT2D eigenvalue weighted by Gasteiger charge is -2.20. The molecular weight excluding hydrogens is 383 g/mol. The van der Waals surface area contributed by atoms with Gasteiger partial charge in [-0.15, -0.1) is 0 Å². The molecule has 4 N–H and O–H groups in total. The number of aromatic hydroxyl groups is 1. The Kier molecular flexibility index (Phi) is 7.71. The molecule has 1 aliphatic heterocycles. The van der Waals surface area contributed by atoms with Gasteiger partial charge < -0.3 is 16.2 Å². The minimum atomic E-state index is -0.553. The number of nitrogens with two attached hydrogens (primary N) is 1. The van der Waals surface area contributed by atoms with Crippen molar-refractivity contribution >= 4 is 28.5 Å². The Morgan fingerprint density at radius 3 is 2.79 bits per heavy atom. The van der Waals surface area contributed by atoms with E-state index < -0.39 is 5.91 Å². The molecule has 1 unspecified atom stereocenters. The van der Waals surface area contributed by atoms with Gasteiger partial charge in [0.2, 0.25) is 0 Å². The fourth-order valence-electron chi connectivity index (χ4n) is 2.31. The second-order valence-corrected chi connectivity index (χ2v) is 7.16. The van der Waals surface area contributed by atoms with Crippen LogP contribution in [0.3, 0.4) is 0 Å². The number of halogens is 1. The van der Waals surface area contributed by atoms with Crippen LogP contribution in [-0.4, -0.2) is 44.1 Å². The van der Waals surface area contributed by atoms with Gasteiger partial charge in [-0.25, -0.2) is 9.37 Å². The maximum Gasteiger partial charge on any atom is 0.278 e. The molecule has 0 bridgehead atoms. The number of aliphatic imine (C=N–C) groups is 1. The normalized spacial score (nSPS) is 18.1. The molecule has 0 saturated carbocycles. The number of nitrogens with zero attached hydrogens (tertiary/aromatic N) is 4. The van der Waals surface area contributed by atoms with Crippen LogP contribution >= 0.6 is 11.8 Å². The third kappa shape index (κ3) is 6.21. The molecule has 3 heterocycles. The molecule has 0 saturated heterocycles. The number of thioether (sulfide) groups is 1. The van der Waals surface area contributed by atoms with Crippen molar-refractivity contribution in [1.82, 2.24) is 9.97 Å². The zero-order valence-corrected chi connectivity index (χ0v) is 15.9. The van der Waals surface area contributed by atoms with Crippen LogP contribution in [0.15, 0.2) is 41.8 Å². The van der Waals surface area contributed by atoms with Crippen molar-refractivity contribution in [2.24, 2.45) is 10.7 Å². The lowest BCUT2D eigenvalue weighted by Crippen LogP contribution is -2.25. The van der Waals surface area contributed by atoms with Crippen molar-refractivity contribution in [2.75, 3.05) is 12.0 Å². The van der Waals surface area contributed by atoms with E-state index >= 15 is 0 Å². The SMILES string of the molecule is C[C@H]1CC(CF)SC(N)=N1.N#Cc1cnc(C(=O)Nc2ccncc2)c(O)c1. The smallest absolute Gasteiger partial charge is 0.278 e. The summed E-state index contributed by atoms with van der Waals surface area (Å²) in [5.41, 5.74) is 6.03. The van der Waals surface area contributed by atoms with Crippen LogP contribution in [0.4, 0.5) is 10.1 Å². The number of rotatable bonds is 3. The fourth-order valence-corrected chi connectivity index (χ4v) is 3.33. The van der Waals surface area contributed by atoms with Gasteiger partial charge in [-0.2, -0.15) is 5.26 Å². The third-order valence-corrected chi connectivity index (χ3v) is 4.56. The highest BCUT2D eigenvalue weighted by Gasteiger charge is 2.19. The molecule has 0 fully saturated rings. The van der Waals surface area contributed by atoms with Gasteiger partial charge in [0, 0.05) is 35.6 Å². The summed E-state index contributed by atoms with van der Waals surface area (Å²) >= 11 is 1.34. The molecule has 0 aromatic carbocycles. The maximum absolute atomic E-state index is 12.1. The minimum absolute atomic E-state index is 0.0347. The quantitative estimate of drug-likeness (QED) is 0.717. The van der Waals surface area contributed by atoms with Crippen molar-refractivity contribution in [2.45, 2.75) is 24.6 Å². The molecule has 0 aliphatic carbocycles. The molecule has 28 heavy (non-hydrogen) atoms. The Morgan fingerprint density at radius 2 is 2.21 bits per heavy atom. The van der Waals surface area contributed by atoms with Gasteiger partial charge in [0.05, 0.1) is 11.6 Å². The van der Waals surface area contributed by atoms with Gasteiger partial charge in [-0.3, -0.25) is 14.8 Å². The first-order valence-electron chi connectivity index (χ1n) is 8.29. The van der Waals surface area contributed by atoms with Crippen molar-refractivity contribution < 1.29 is 14.3 Å². The van der Waals surface area contributed by atoms with Gasteiger partial charge in [0.25, 0.3) is 5.91 Å². The van der Waals surface area contributed by atoms with Crippen LogP contribution < -0.4 is 11.1 Å². The van der Waals surface area contributed by atoms with E-state index in [1.807, 2.05) is 13.0 Å². The number of nitriles is 1. The lowest BCUT2D eigenvalue weighted by molar-refractivity contribution is 0.101. The predicted octanol–water partition coefficient (Wildman–Crippen LogP) is 2.47. The van der Waals surface area contributed by atoms with E-state index in [-0.39, 0.29) is 35.0 Å². The van der Waals surface area contributed by atoms with Gasteiger partial charge in [-0.1, -0.05) is 11.8 Å². The Bertz CT molecular complexity index is 887. The first-order chi connectivity index (χ1) is 13.4. The van der Waals surface area contributed by atoms with E-state index in [1.54, 1.807) is 12.1 Å². The summed E-state index contributed by atoms with van der Waals surface area (Å²) in [6.45, 7) is 1.65. The molecule has 0 radical (unpaired) electrons. The average Bonchev–Trinajstić information content (AvgIpc) is 2.68. The van der Waals surface area contributed by atoms with Crippen LogP contribution in [0, 0.1) is 11.3 Å². The monoisotopic (exact) mass is 402 g/mol. The van der Waals surface area contributed by atoms with Crippen molar-refractivity contribution in [3.8, 4) is 11.8 Å². The van der Waals surface area contributed by atoms with E-state index in [1.165, 1.54) is 36.4 Å². The van der Waals surface area contributed by atoms with Crippen molar-refractivity contribution in [1.29, 1.82) is 5.26 Å². The maximum atomic E-state index is 12.1. The summed E-state index contributed by atoms with van der Waals surface area (Å²) in [4.78, 5) is 23.4. The molecule has 0 spiro atoms. The van der Waals surface area contributed by atoms with Crippen molar-refractivity contribution in [3.05, 3.63) is 48.0 Å². The first-order valence-corrected chi connectivity index (χ1v) is 9.17. The van der Waals surface area contributed by atoms with Gasteiger partial charge >= 0.3 is 0 Å². The largest absolute Gasteiger partial charge is 0.505 e. The van der Waals surface area contributed by atoms with E-state index in [9.17, 15) is 14.3 Å². The molecule has 2 aromatic rings. The highest BCUT2D eigenvalue weighted by Crippen LogP contribution is 2.23. The second-order valence-electron chi connectivity index (χ2n) is 5.84. The van der Waals surface area contributed by atoms with Gasteiger partial charge in [-0.05, 0) is 25.5 Å². The number of pyridine rings is 2. The number of carbonyl (C=O) groups excluding carboxylic acids is 1. The van der Waals surface area contributed by atoms with Crippen LogP contribution in [0.25, 0.3) is 0 Å². The Morgan fingerprint density at radius 1 is 1.50 bits per heavy atom. The number of carbonyl (C=O) groups is 1. The lowest BCUT2D eigenvalue weighted by atomic mass is 10.2. The van der Waals surface area contributed by atoms with E-state index in [0.29, 0.717) is 10.9 Å². The number of nitrogens with one attached hydrogen (secondary N) is 1. The Balaban J connectivity index is 0.000000237.